The predicted molar refractivity (Wildman–Crippen MR) is 107 cm³/mol. The number of methoxy groups -OCH3 is 1. The van der Waals surface area contributed by atoms with E-state index in [0.717, 1.165) is 17.5 Å². The van der Waals surface area contributed by atoms with Gasteiger partial charge in [-0.05, 0) is 41.7 Å². The zero-order valence-electron chi connectivity index (χ0n) is 16.8. The number of hydrogen-bond donors (Lipinski definition) is 3. The number of phenols is 1. The first kappa shape index (κ1) is 21.3. The normalized spacial score (nSPS) is 24.2. The van der Waals surface area contributed by atoms with Crippen molar-refractivity contribution in [3.05, 3.63) is 64.2 Å². The van der Waals surface area contributed by atoms with E-state index in [0.29, 0.717) is 17.5 Å². The molecule has 3 unspecified atom stereocenters. The van der Waals surface area contributed by atoms with Gasteiger partial charge >= 0.3 is 0 Å². The molecule has 3 rings (SSSR count). The Balaban J connectivity index is 2.02. The van der Waals surface area contributed by atoms with Gasteiger partial charge in [0.1, 0.15) is 5.75 Å². The van der Waals surface area contributed by atoms with E-state index in [2.05, 4.69) is 25.1 Å². The molecule has 1 heterocycles. The Hall–Kier alpha value is -2.43. The van der Waals surface area contributed by atoms with Crippen LogP contribution in [0.15, 0.2) is 36.4 Å². The fourth-order valence-corrected chi connectivity index (χ4v) is 3.89. The van der Waals surface area contributed by atoms with Crippen molar-refractivity contribution in [2.45, 2.75) is 50.6 Å². The molecule has 3 N–H and O–H groups in total. The fourth-order valence-electron chi connectivity index (χ4n) is 3.89. The number of aliphatic hydroxyl groups excluding tert-OH is 2. The molecular formula is C23H27NO5. The van der Waals surface area contributed by atoms with E-state index in [9.17, 15) is 20.6 Å². The Morgan fingerprint density at radius 3 is 2.52 bits per heavy atom. The third-order valence-corrected chi connectivity index (χ3v) is 5.51. The first-order valence-corrected chi connectivity index (χ1v) is 9.80. The van der Waals surface area contributed by atoms with Gasteiger partial charge in [0.15, 0.2) is 0 Å². The van der Waals surface area contributed by atoms with Crippen LogP contribution in [0.25, 0.3) is 0 Å². The highest BCUT2D eigenvalue weighted by Crippen LogP contribution is 2.43. The second-order valence-corrected chi connectivity index (χ2v) is 7.46. The molecule has 1 saturated heterocycles. The maximum atomic E-state index is 10.6. The molecule has 6 nitrogen and oxygen atoms in total. The molecule has 0 radical (unpaired) electrons. The predicted octanol–water partition coefficient (Wildman–Crippen LogP) is 2.75. The summed E-state index contributed by atoms with van der Waals surface area (Å²) in [5.41, 5.74) is 3.71. The molecule has 2 aromatic carbocycles. The Morgan fingerprint density at radius 2 is 1.93 bits per heavy atom. The van der Waals surface area contributed by atoms with E-state index < -0.39 is 18.0 Å². The van der Waals surface area contributed by atoms with Gasteiger partial charge in [-0.25, -0.2) is 0 Å². The molecule has 1 aliphatic rings. The standard InChI is InChI=1S/C23H27NO5/c1-3-15-4-6-16(7-5-15)8-17-9-21(22(27)10-18(17)13-24)23(28-2)12-19(26)11-20(14-25)29-23/h4-7,9-10,19-20,25-27H,3,8,11-12,14H2,1-2H3. The molecular weight excluding hydrogens is 370 g/mol. The van der Waals surface area contributed by atoms with Crippen LogP contribution in [-0.2, 0) is 28.1 Å². The van der Waals surface area contributed by atoms with Gasteiger partial charge in [-0.2, -0.15) is 5.26 Å². The van der Waals surface area contributed by atoms with Gasteiger partial charge in [0.05, 0.1) is 36.0 Å². The summed E-state index contributed by atoms with van der Waals surface area (Å²) in [6.45, 7) is 1.83. The molecule has 0 spiro atoms. The van der Waals surface area contributed by atoms with Crippen molar-refractivity contribution in [2.24, 2.45) is 0 Å². The second-order valence-electron chi connectivity index (χ2n) is 7.46. The molecule has 0 saturated carbocycles. The minimum atomic E-state index is -1.40. The first-order valence-electron chi connectivity index (χ1n) is 9.80. The molecule has 2 aromatic rings. The number of aromatic hydroxyl groups is 1. The van der Waals surface area contributed by atoms with Crippen molar-refractivity contribution >= 4 is 0 Å². The molecule has 0 aromatic heterocycles. The average Bonchev–Trinajstić information content (AvgIpc) is 2.74. The van der Waals surface area contributed by atoms with Crippen molar-refractivity contribution in [1.82, 2.24) is 0 Å². The van der Waals surface area contributed by atoms with Crippen LogP contribution < -0.4 is 0 Å². The zero-order valence-corrected chi connectivity index (χ0v) is 16.8. The lowest BCUT2D eigenvalue weighted by molar-refractivity contribution is -0.299. The van der Waals surface area contributed by atoms with E-state index in [1.165, 1.54) is 18.7 Å². The van der Waals surface area contributed by atoms with E-state index in [1.807, 2.05) is 12.1 Å². The van der Waals surface area contributed by atoms with Gasteiger partial charge in [-0.1, -0.05) is 31.2 Å². The van der Waals surface area contributed by atoms with Gasteiger partial charge in [0.2, 0.25) is 5.79 Å². The third kappa shape index (κ3) is 4.44. The summed E-state index contributed by atoms with van der Waals surface area (Å²) < 4.78 is 11.6. The van der Waals surface area contributed by atoms with Crippen LogP contribution in [0.1, 0.15) is 47.6 Å². The molecule has 0 aliphatic carbocycles. The highest BCUT2D eigenvalue weighted by Gasteiger charge is 2.45. The second kappa shape index (κ2) is 8.93. The Bertz CT molecular complexity index is 889. The third-order valence-electron chi connectivity index (χ3n) is 5.51. The fraction of sp³-hybridized carbons (Fsp3) is 0.435. The van der Waals surface area contributed by atoms with Gasteiger partial charge in [0, 0.05) is 20.0 Å². The number of rotatable bonds is 6. The van der Waals surface area contributed by atoms with Crippen LogP contribution in [0.5, 0.6) is 5.75 Å². The lowest BCUT2D eigenvalue weighted by atomic mass is 9.88. The molecule has 6 heteroatoms. The Morgan fingerprint density at radius 1 is 1.24 bits per heavy atom. The SMILES string of the molecule is CCc1ccc(Cc2cc(C3(OC)CC(O)CC(CO)O3)c(O)cc2C#N)cc1. The molecule has 29 heavy (non-hydrogen) atoms. The van der Waals surface area contributed by atoms with Crippen molar-refractivity contribution in [3.63, 3.8) is 0 Å². The van der Waals surface area contributed by atoms with Gasteiger partial charge in [-0.3, -0.25) is 0 Å². The molecule has 1 aliphatic heterocycles. The quantitative estimate of drug-likeness (QED) is 0.693. The lowest BCUT2D eigenvalue weighted by Crippen LogP contribution is -2.46. The van der Waals surface area contributed by atoms with Crippen molar-refractivity contribution in [2.75, 3.05) is 13.7 Å². The van der Waals surface area contributed by atoms with Crippen LogP contribution in [0.3, 0.4) is 0 Å². The molecule has 154 valence electrons. The summed E-state index contributed by atoms with van der Waals surface area (Å²) in [5.74, 6) is -1.54. The number of aliphatic hydroxyl groups is 2. The molecule has 0 bridgehead atoms. The van der Waals surface area contributed by atoms with E-state index in [4.69, 9.17) is 9.47 Å². The van der Waals surface area contributed by atoms with Gasteiger partial charge in [0.25, 0.3) is 0 Å². The summed E-state index contributed by atoms with van der Waals surface area (Å²) in [7, 11) is 1.44. The van der Waals surface area contributed by atoms with Crippen LogP contribution in [-0.4, -0.2) is 41.2 Å². The maximum absolute atomic E-state index is 10.6. The summed E-state index contributed by atoms with van der Waals surface area (Å²) in [6.07, 6.45) is 0.500. The number of nitrogens with zero attached hydrogens (tertiary/aromatic N) is 1. The number of benzene rings is 2. The molecule has 1 fully saturated rings. The smallest absolute Gasteiger partial charge is 0.201 e. The van der Waals surface area contributed by atoms with E-state index >= 15 is 0 Å². The van der Waals surface area contributed by atoms with Crippen molar-refractivity contribution in [3.8, 4) is 11.8 Å². The van der Waals surface area contributed by atoms with Crippen LogP contribution in [0.4, 0.5) is 0 Å². The summed E-state index contributed by atoms with van der Waals surface area (Å²) in [6, 6.07) is 13.4. The zero-order chi connectivity index (χ0) is 21.0. The summed E-state index contributed by atoms with van der Waals surface area (Å²) in [4.78, 5) is 0. The van der Waals surface area contributed by atoms with Crippen LogP contribution >= 0.6 is 0 Å². The Kier molecular flexibility index (Phi) is 6.56. The van der Waals surface area contributed by atoms with Crippen molar-refractivity contribution in [1.29, 1.82) is 5.26 Å². The summed E-state index contributed by atoms with van der Waals surface area (Å²) >= 11 is 0. The van der Waals surface area contributed by atoms with E-state index in [-0.39, 0.29) is 25.2 Å². The summed E-state index contributed by atoms with van der Waals surface area (Å²) in [5, 5.41) is 40.0. The Labute approximate surface area is 170 Å². The largest absolute Gasteiger partial charge is 0.507 e. The monoisotopic (exact) mass is 397 g/mol. The highest BCUT2D eigenvalue weighted by molar-refractivity contribution is 5.51. The van der Waals surface area contributed by atoms with Crippen LogP contribution in [0, 0.1) is 11.3 Å². The number of aryl methyl sites for hydroxylation is 1. The lowest BCUT2D eigenvalue weighted by Gasteiger charge is -2.42. The minimum Gasteiger partial charge on any atom is -0.507 e. The van der Waals surface area contributed by atoms with Crippen molar-refractivity contribution < 1.29 is 24.8 Å². The minimum absolute atomic E-state index is 0.115. The van der Waals surface area contributed by atoms with Gasteiger partial charge < -0.3 is 24.8 Å². The number of ether oxygens (including phenoxy) is 2. The first-order chi connectivity index (χ1) is 13.9. The molecule has 0 amide bonds. The number of nitriles is 1. The average molecular weight is 397 g/mol. The number of phenolic OH excluding ortho intramolecular Hbond substituents is 1. The van der Waals surface area contributed by atoms with Gasteiger partial charge in [-0.15, -0.1) is 0 Å². The van der Waals surface area contributed by atoms with E-state index in [1.54, 1.807) is 6.07 Å². The number of hydrogen-bond acceptors (Lipinski definition) is 6. The molecule has 3 atom stereocenters. The van der Waals surface area contributed by atoms with Crippen LogP contribution in [0.2, 0.25) is 0 Å². The highest BCUT2D eigenvalue weighted by atomic mass is 16.7. The topological polar surface area (TPSA) is 103 Å². The maximum Gasteiger partial charge on any atom is 0.201 e.